The molecule has 0 aliphatic carbocycles. The van der Waals surface area contributed by atoms with Crippen molar-refractivity contribution in [3.05, 3.63) is 78.9 Å². The number of fused-ring (bicyclic) bond motifs is 5. The number of hydrogen-bond acceptors (Lipinski definition) is 4. The highest BCUT2D eigenvalue weighted by molar-refractivity contribution is 6.24. The number of pyridine rings is 2. The second-order valence-corrected chi connectivity index (χ2v) is 6.72. The van der Waals surface area contributed by atoms with Crippen molar-refractivity contribution in [1.29, 1.82) is 0 Å². The summed E-state index contributed by atoms with van der Waals surface area (Å²) in [6.07, 6.45) is 0. The van der Waals surface area contributed by atoms with Crippen molar-refractivity contribution in [1.82, 2.24) is 9.97 Å². The largest absolute Gasteiger partial charge is 0.395 e. The summed E-state index contributed by atoms with van der Waals surface area (Å²) in [5, 5.41) is 17.0. The van der Waals surface area contributed by atoms with E-state index in [1.165, 1.54) is 0 Å². The monoisotopic (exact) mass is 365 g/mol. The molecular formula is C24H19N3O. The van der Waals surface area contributed by atoms with Gasteiger partial charge in [0.15, 0.2) is 0 Å². The lowest BCUT2D eigenvalue weighted by Crippen LogP contribution is -2.08. The number of hydrogen-bond donors (Lipinski definition) is 2. The van der Waals surface area contributed by atoms with Crippen LogP contribution in [0.2, 0.25) is 0 Å². The molecule has 5 aromatic rings. The Hall–Kier alpha value is -3.50. The third-order valence-corrected chi connectivity index (χ3v) is 4.99. The molecule has 3 aromatic carbocycles. The quantitative estimate of drug-likeness (QED) is 0.440. The maximum Gasteiger partial charge on any atom is 0.136 e. The number of rotatable bonds is 4. The standard InChI is InChI=1S/C24H19N3O/c28-15-14-25-24-22-21(18-11-5-7-13-20(18)27-24)17-10-4-6-12-19(17)26-23(22)16-8-2-1-3-9-16/h1-13,28H,14-15H2,(H,25,27). The summed E-state index contributed by atoms with van der Waals surface area (Å²) in [7, 11) is 0. The summed E-state index contributed by atoms with van der Waals surface area (Å²) >= 11 is 0. The molecule has 0 spiro atoms. The first-order valence-electron chi connectivity index (χ1n) is 9.38. The predicted molar refractivity (Wildman–Crippen MR) is 116 cm³/mol. The fraction of sp³-hybridized carbons (Fsp3) is 0.0833. The van der Waals surface area contributed by atoms with Gasteiger partial charge in [-0.05, 0) is 12.1 Å². The summed E-state index contributed by atoms with van der Waals surface area (Å²) in [5.74, 6) is 0.750. The van der Waals surface area contributed by atoms with Crippen LogP contribution in [0.15, 0.2) is 78.9 Å². The van der Waals surface area contributed by atoms with Gasteiger partial charge in [-0.1, -0.05) is 66.7 Å². The van der Waals surface area contributed by atoms with Gasteiger partial charge >= 0.3 is 0 Å². The van der Waals surface area contributed by atoms with Crippen LogP contribution < -0.4 is 5.32 Å². The highest BCUT2D eigenvalue weighted by atomic mass is 16.3. The molecule has 0 fully saturated rings. The van der Waals surface area contributed by atoms with Crippen molar-refractivity contribution in [3.8, 4) is 11.3 Å². The SMILES string of the molecule is OCCNc1nc2ccccc2c2c1c(-c1ccccc1)nc1ccccc12. The highest BCUT2D eigenvalue weighted by Crippen LogP contribution is 2.39. The molecule has 2 aromatic heterocycles. The van der Waals surface area contributed by atoms with E-state index in [1.807, 2.05) is 48.5 Å². The van der Waals surface area contributed by atoms with Crippen LogP contribution in [0.4, 0.5) is 5.82 Å². The zero-order valence-corrected chi connectivity index (χ0v) is 15.3. The smallest absolute Gasteiger partial charge is 0.136 e. The molecule has 0 radical (unpaired) electrons. The molecule has 2 N–H and O–H groups in total. The van der Waals surface area contributed by atoms with Gasteiger partial charge in [0, 0.05) is 28.3 Å². The van der Waals surface area contributed by atoms with E-state index in [2.05, 4.69) is 35.6 Å². The van der Waals surface area contributed by atoms with E-state index in [-0.39, 0.29) is 6.61 Å². The molecule has 0 aliphatic heterocycles. The van der Waals surface area contributed by atoms with E-state index >= 15 is 0 Å². The summed E-state index contributed by atoms with van der Waals surface area (Å²) < 4.78 is 0. The number of nitrogens with one attached hydrogen (secondary N) is 1. The Balaban J connectivity index is 2.02. The Morgan fingerprint density at radius 2 is 1.29 bits per heavy atom. The normalized spacial score (nSPS) is 11.3. The lowest BCUT2D eigenvalue weighted by molar-refractivity contribution is 0.311. The summed E-state index contributed by atoms with van der Waals surface area (Å²) in [6.45, 7) is 0.471. The van der Waals surface area contributed by atoms with Crippen LogP contribution >= 0.6 is 0 Å². The lowest BCUT2D eigenvalue weighted by Gasteiger charge is -2.16. The van der Waals surface area contributed by atoms with Crippen molar-refractivity contribution in [2.45, 2.75) is 0 Å². The molecule has 4 heteroatoms. The van der Waals surface area contributed by atoms with E-state index in [9.17, 15) is 5.11 Å². The van der Waals surface area contributed by atoms with Gasteiger partial charge in [-0.2, -0.15) is 0 Å². The molecule has 2 heterocycles. The van der Waals surface area contributed by atoms with Crippen LogP contribution in [0.1, 0.15) is 0 Å². The Kier molecular flexibility index (Phi) is 4.11. The topological polar surface area (TPSA) is 58.0 Å². The molecule has 28 heavy (non-hydrogen) atoms. The lowest BCUT2D eigenvalue weighted by atomic mass is 9.97. The zero-order valence-electron chi connectivity index (χ0n) is 15.3. The molecule has 0 saturated carbocycles. The van der Waals surface area contributed by atoms with E-state index in [1.54, 1.807) is 0 Å². The van der Waals surface area contributed by atoms with Crippen LogP contribution in [0, 0.1) is 0 Å². The maximum atomic E-state index is 9.37. The predicted octanol–water partition coefficient (Wildman–Crippen LogP) is 5.01. The third-order valence-electron chi connectivity index (χ3n) is 4.99. The van der Waals surface area contributed by atoms with Crippen molar-refractivity contribution >= 4 is 38.4 Å². The first-order valence-corrected chi connectivity index (χ1v) is 9.38. The molecule has 0 amide bonds. The van der Waals surface area contributed by atoms with Crippen LogP contribution in [-0.4, -0.2) is 28.2 Å². The van der Waals surface area contributed by atoms with E-state index in [0.717, 1.165) is 49.7 Å². The number of anilines is 1. The molecule has 0 unspecified atom stereocenters. The Morgan fingerprint density at radius 3 is 1.96 bits per heavy atom. The van der Waals surface area contributed by atoms with Gasteiger partial charge in [0.25, 0.3) is 0 Å². The van der Waals surface area contributed by atoms with Crippen molar-refractivity contribution < 1.29 is 5.11 Å². The van der Waals surface area contributed by atoms with Gasteiger partial charge in [0.05, 0.1) is 28.7 Å². The zero-order chi connectivity index (χ0) is 18.9. The van der Waals surface area contributed by atoms with E-state index in [4.69, 9.17) is 9.97 Å². The van der Waals surface area contributed by atoms with Gasteiger partial charge in [0.2, 0.25) is 0 Å². The highest BCUT2D eigenvalue weighted by Gasteiger charge is 2.17. The molecule has 0 aliphatic rings. The van der Waals surface area contributed by atoms with E-state index in [0.29, 0.717) is 6.54 Å². The minimum absolute atomic E-state index is 0.0394. The van der Waals surface area contributed by atoms with Crippen LogP contribution in [0.25, 0.3) is 43.8 Å². The van der Waals surface area contributed by atoms with Crippen LogP contribution in [0.5, 0.6) is 0 Å². The number of aromatic nitrogens is 2. The molecule has 136 valence electrons. The molecule has 4 nitrogen and oxygen atoms in total. The number of benzene rings is 3. The first kappa shape index (κ1) is 16.7. The second-order valence-electron chi connectivity index (χ2n) is 6.72. The average molecular weight is 365 g/mol. The Bertz CT molecular complexity index is 1280. The molecule has 0 bridgehead atoms. The number of para-hydroxylation sites is 2. The van der Waals surface area contributed by atoms with E-state index < -0.39 is 0 Å². The van der Waals surface area contributed by atoms with Crippen LogP contribution in [-0.2, 0) is 0 Å². The molecular weight excluding hydrogens is 346 g/mol. The average Bonchev–Trinajstić information content (AvgIpc) is 2.77. The van der Waals surface area contributed by atoms with Gasteiger partial charge in [0.1, 0.15) is 5.82 Å². The van der Waals surface area contributed by atoms with Crippen molar-refractivity contribution in [2.24, 2.45) is 0 Å². The summed E-state index contributed by atoms with van der Waals surface area (Å²) in [5.41, 5.74) is 3.82. The molecule has 0 saturated heterocycles. The van der Waals surface area contributed by atoms with Crippen molar-refractivity contribution in [2.75, 3.05) is 18.5 Å². The third kappa shape index (κ3) is 2.66. The first-order chi connectivity index (χ1) is 13.9. The minimum atomic E-state index is 0.0394. The maximum absolute atomic E-state index is 9.37. The molecule has 5 rings (SSSR count). The van der Waals surface area contributed by atoms with Crippen LogP contribution in [0.3, 0.4) is 0 Å². The second kappa shape index (κ2) is 6.91. The van der Waals surface area contributed by atoms with Gasteiger partial charge < -0.3 is 10.4 Å². The van der Waals surface area contributed by atoms with Gasteiger partial charge in [-0.3, -0.25) is 0 Å². The number of aliphatic hydroxyl groups excluding tert-OH is 1. The fourth-order valence-corrected chi connectivity index (χ4v) is 3.79. The number of nitrogens with zero attached hydrogens (tertiary/aromatic N) is 2. The minimum Gasteiger partial charge on any atom is -0.395 e. The Labute approximate surface area is 162 Å². The fourth-order valence-electron chi connectivity index (χ4n) is 3.79. The summed E-state index contributed by atoms with van der Waals surface area (Å²) in [4.78, 5) is 9.88. The summed E-state index contributed by atoms with van der Waals surface area (Å²) in [6, 6.07) is 26.6. The van der Waals surface area contributed by atoms with Crippen molar-refractivity contribution in [3.63, 3.8) is 0 Å². The Morgan fingerprint density at radius 1 is 0.679 bits per heavy atom. The van der Waals surface area contributed by atoms with Gasteiger partial charge in [-0.25, -0.2) is 9.97 Å². The van der Waals surface area contributed by atoms with Gasteiger partial charge in [-0.15, -0.1) is 0 Å². The molecule has 0 atom stereocenters. The number of aliphatic hydroxyl groups is 1.